The number of hydrogen-bond donors (Lipinski definition) is 1. The van der Waals surface area contributed by atoms with Crippen LogP contribution in [0.5, 0.6) is 0 Å². The molecule has 0 saturated carbocycles. The quantitative estimate of drug-likeness (QED) is 0.925. The number of rotatable bonds is 3. The van der Waals surface area contributed by atoms with Gasteiger partial charge in [0.25, 0.3) is 0 Å². The SMILES string of the molecule is CC1(C)C=C(S(=O)(=O)Cc2cc(F)ccc2F)NO1. The van der Waals surface area contributed by atoms with Crippen LogP contribution < -0.4 is 5.48 Å². The van der Waals surface area contributed by atoms with Crippen LogP contribution in [0.1, 0.15) is 19.4 Å². The Morgan fingerprint density at radius 1 is 1.32 bits per heavy atom. The molecule has 19 heavy (non-hydrogen) atoms. The number of hydroxylamine groups is 1. The lowest BCUT2D eigenvalue weighted by molar-refractivity contribution is -0.0129. The third-order valence-corrected chi connectivity index (χ3v) is 4.14. The van der Waals surface area contributed by atoms with E-state index >= 15 is 0 Å². The molecular formula is C12H13F2NO3S. The van der Waals surface area contributed by atoms with Crippen molar-refractivity contribution in [1.29, 1.82) is 0 Å². The third-order valence-electron chi connectivity index (χ3n) is 2.58. The first-order valence-electron chi connectivity index (χ1n) is 5.53. The van der Waals surface area contributed by atoms with Gasteiger partial charge in [0.1, 0.15) is 17.2 Å². The zero-order chi connectivity index (χ0) is 14.3. The van der Waals surface area contributed by atoms with Gasteiger partial charge >= 0.3 is 0 Å². The Balaban J connectivity index is 2.30. The first-order valence-corrected chi connectivity index (χ1v) is 7.18. The molecule has 0 aliphatic carbocycles. The molecule has 0 saturated heterocycles. The molecule has 1 N–H and O–H groups in total. The number of benzene rings is 1. The molecule has 7 heteroatoms. The fourth-order valence-electron chi connectivity index (χ4n) is 1.65. The summed E-state index contributed by atoms with van der Waals surface area (Å²) >= 11 is 0. The van der Waals surface area contributed by atoms with Gasteiger partial charge in [-0.05, 0) is 38.1 Å². The van der Waals surface area contributed by atoms with Crippen molar-refractivity contribution >= 4 is 9.84 Å². The van der Waals surface area contributed by atoms with E-state index in [0.717, 1.165) is 18.2 Å². The fraction of sp³-hybridized carbons (Fsp3) is 0.333. The second-order valence-corrected chi connectivity index (χ2v) is 6.77. The van der Waals surface area contributed by atoms with E-state index in [9.17, 15) is 17.2 Å². The van der Waals surface area contributed by atoms with E-state index in [4.69, 9.17) is 4.84 Å². The van der Waals surface area contributed by atoms with Gasteiger partial charge in [-0.1, -0.05) is 0 Å². The maximum absolute atomic E-state index is 13.4. The zero-order valence-corrected chi connectivity index (χ0v) is 11.2. The lowest BCUT2D eigenvalue weighted by atomic mass is 10.1. The van der Waals surface area contributed by atoms with Crippen LogP contribution in [0.3, 0.4) is 0 Å². The smallest absolute Gasteiger partial charge is 0.199 e. The van der Waals surface area contributed by atoms with Gasteiger partial charge in [0.2, 0.25) is 0 Å². The molecule has 0 fully saturated rings. The molecule has 0 atom stereocenters. The molecule has 0 amide bonds. The monoisotopic (exact) mass is 289 g/mol. The number of nitrogens with one attached hydrogen (secondary N) is 1. The Hall–Kier alpha value is -1.47. The summed E-state index contributed by atoms with van der Waals surface area (Å²) in [5.41, 5.74) is 1.32. The van der Waals surface area contributed by atoms with E-state index in [-0.39, 0.29) is 10.6 Å². The lowest BCUT2D eigenvalue weighted by Crippen LogP contribution is -2.22. The van der Waals surface area contributed by atoms with Crippen molar-refractivity contribution in [2.24, 2.45) is 0 Å². The maximum Gasteiger partial charge on any atom is 0.199 e. The zero-order valence-electron chi connectivity index (χ0n) is 10.4. The summed E-state index contributed by atoms with van der Waals surface area (Å²) in [5, 5.41) is -0.138. The van der Waals surface area contributed by atoms with Crippen molar-refractivity contribution in [3.05, 3.63) is 46.5 Å². The van der Waals surface area contributed by atoms with E-state index < -0.39 is 32.8 Å². The van der Waals surface area contributed by atoms with Gasteiger partial charge in [-0.3, -0.25) is 10.3 Å². The molecule has 1 heterocycles. The first kappa shape index (κ1) is 14.0. The van der Waals surface area contributed by atoms with Gasteiger partial charge in [-0.2, -0.15) is 0 Å². The predicted molar refractivity (Wildman–Crippen MR) is 65.4 cm³/mol. The van der Waals surface area contributed by atoms with Crippen LogP contribution in [-0.4, -0.2) is 14.0 Å². The van der Waals surface area contributed by atoms with Gasteiger partial charge in [0, 0.05) is 5.56 Å². The van der Waals surface area contributed by atoms with Crippen LogP contribution in [0, 0.1) is 11.6 Å². The van der Waals surface area contributed by atoms with Gasteiger partial charge in [0.15, 0.2) is 14.9 Å². The van der Waals surface area contributed by atoms with Crippen molar-refractivity contribution < 1.29 is 22.0 Å². The van der Waals surface area contributed by atoms with E-state index in [1.807, 2.05) is 0 Å². The van der Waals surface area contributed by atoms with E-state index in [1.165, 1.54) is 6.08 Å². The standard InChI is InChI=1S/C12H13F2NO3S/c1-12(2)6-11(15-18-12)19(16,17)7-8-5-9(13)3-4-10(8)14/h3-6,15H,7H2,1-2H3. The minimum atomic E-state index is -3.81. The Morgan fingerprint density at radius 3 is 2.58 bits per heavy atom. The molecule has 0 unspecified atom stereocenters. The molecule has 0 radical (unpaired) electrons. The van der Waals surface area contributed by atoms with Gasteiger partial charge in [-0.25, -0.2) is 17.2 Å². The summed E-state index contributed by atoms with van der Waals surface area (Å²) in [6, 6.07) is 2.70. The summed E-state index contributed by atoms with van der Waals surface area (Å²) in [4.78, 5) is 5.04. The molecular weight excluding hydrogens is 276 g/mol. The van der Waals surface area contributed by atoms with Crippen LogP contribution in [0.25, 0.3) is 0 Å². The normalized spacial score (nSPS) is 18.0. The molecule has 1 aliphatic heterocycles. The minimum Gasteiger partial charge on any atom is -0.265 e. The number of hydrogen-bond acceptors (Lipinski definition) is 4. The molecule has 104 valence electrons. The van der Waals surface area contributed by atoms with Crippen LogP contribution >= 0.6 is 0 Å². The highest BCUT2D eigenvalue weighted by Gasteiger charge is 2.31. The Bertz CT molecular complexity index is 638. The molecule has 4 nitrogen and oxygen atoms in total. The second-order valence-electron chi connectivity index (χ2n) is 4.81. The van der Waals surface area contributed by atoms with Crippen LogP contribution in [0.4, 0.5) is 8.78 Å². The Labute approximate surface area is 109 Å². The van der Waals surface area contributed by atoms with Crippen molar-refractivity contribution in [2.45, 2.75) is 25.2 Å². The lowest BCUT2D eigenvalue weighted by Gasteiger charge is -2.11. The summed E-state index contributed by atoms with van der Waals surface area (Å²) in [7, 11) is -3.81. The molecule has 0 spiro atoms. The first-order chi connectivity index (χ1) is 8.70. The van der Waals surface area contributed by atoms with Crippen molar-refractivity contribution in [3.8, 4) is 0 Å². The van der Waals surface area contributed by atoms with Crippen molar-refractivity contribution in [1.82, 2.24) is 5.48 Å². The van der Waals surface area contributed by atoms with Crippen molar-refractivity contribution in [3.63, 3.8) is 0 Å². The van der Waals surface area contributed by atoms with Crippen LogP contribution in [0.15, 0.2) is 29.3 Å². The fourth-order valence-corrected chi connectivity index (χ4v) is 3.06. The van der Waals surface area contributed by atoms with Crippen LogP contribution in [-0.2, 0) is 20.4 Å². The van der Waals surface area contributed by atoms with Crippen molar-refractivity contribution in [2.75, 3.05) is 0 Å². The second kappa shape index (κ2) is 4.57. The van der Waals surface area contributed by atoms with E-state index in [0.29, 0.717) is 0 Å². The summed E-state index contributed by atoms with van der Waals surface area (Å²) in [6.07, 6.45) is 1.39. The molecule has 0 bridgehead atoms. The van der Waals surface area contributed by atoms with Gasteiger partial charge in [0.05, 0.1) is 5.75 Å². The Kier molecular flexibility index (Phi) is 3.36. The minimum absolute atomic E-state index is 0.138. The summed E-state index contributed by atoms with van der Waals surface area (Å²) < 4.78 is 50.6. The number of halogens is 2. The maximum atomic E-state index is 13.4. The van der Waals surface area contributed by atoms with E-state index in [2.05, 4.69) is 5.48 Å². The molecule has 1 aromatic carbocycles. The van der Waals surface area contributed by atoms with Gasteiger partial charge in [-0.15, -0.1) is 0 Å². The Morgan fingerprint density at radius 2 is 2.00 bits per heavy atom. The van der Waals surface area contributed by atoms with Gasteiger partial charge < -0.3 is 0 Å². The largest absolute Gasteiger partial charge is 0.265 e. The highest BCUT2D eigenvalue weighted by atomic mass is 32.2. The average molecular weight is 289 g/mol. The van der Waals surface area contributed by atoms with Crippen LogP contribution in [0.2, 0.25) is 0 Å². The topological polar surface area (TPSA) is 55.4 Å². The summed E-state index contributed by atoms with van der Waals surface area (Å²) in [5.74, 6) is -2.07. The molecule has 2 rings (SSSR count). The van der Waals surface area contributed by atoms with E-state index in [1.54, 1.807) is 13.8 Å². The summed E-state index contributed by atoms with van der Waals surface area (Å²) in [6.45, 7) is 3.34. The number of sulfone groups is 1. The average Bonchev–Trinajstić information content (AvgIpc) is 2.65. The molecule has 0 aromatic heterocycles. The highest BCUT2D eigenvalue weighted by molar-refractivity contribution is 7.94. The third kappa shape index (κ3) is 3.10. The molecule has 1 aliphatic rings. The predicted octanol–water partition coefficient (Wildman–Crippen LogP) is 2.03. The highest BCUT2D eigenvalue weighted by Crippen LogP contribution is 2.24. The molecule has 1 aromatic rings.